The number of imidazole rings is 1. The fraction of sp³-hybridized carbons (Fsp3) is 0.318. The summed E-state index contributed by atoms with van der Waals surface area (Å²) in [6, 6.07) is 6.70. The number of rotatable bonds is 3. The van der Waals surface area contributed by atoms with E-state index in [0.717, 1.165) is 60.0 Å². The minimum atomic E-state index is -0.425. The lowest BCUT2D eigenvalue weighted by Gasteiger charge is -2.27. The van der Waals surface area contributed by atoms with Crippen LogP contribution in [0.3, 0.4) is 0 Å². The molecule has 2 aromatic carbocycles. The first kappa shape index (κ1) is 17.5. The van der Waals surface area contributed by atoms with Gasteiger partial charge < -0.3 is 4.57 Å². The van der Waals surface area contributed by atoms with E-state index in [2.05, 4.69) is 9.47 Å². The minimum absolute atomic E-state index is 0.233. The zero-order valence-corrected chi connectivity index (χ0v) is 15.4. The fourth-order valence-electron chi connectivity index (χ4n) is 4.39. The maximum absolute atomic E-state index is 14.0. The Balaban J connectivity index is 1.39. The standard InChI is InChI=1S/C22H20F3N3/c23-16-3-4-19(25)18(11-16)14-5-8-27(9-6-14)13-21-26-20-12-17(24)10-15-2-1-7-28(21)22(15)20/h3-5,10-12H,1-2,6-9,13H2. The van der Waals surface area contributed by atoms with Crippen LogP contribution in [0.25, 0.3) is 16.6 Å². The average molecular weight is 383 g/mol. The third kappa shape index (κ3) is 3.02. The highest BCUT2D eigenvalue weighted by atomic mass is 19.1. The number of halogens is 3. The molecule has 2 aliphatic rings. The number of aromatic nitrogens is 2. The fourth-order valence-corrected chi connectivity index (χ4v) is 4.39. The van der Waals surface area contributed by atoms with E-state index in [1.165, 1.54) is 18.2 Å². The number of nitrogens with zero attached hydrogens (tertiary/aromatic N) is 3. The van der Waals surface area contributed by atoms with Crippen molar-refractivity contribution < 1.29 is 13.2 Å². The van der Waals surface area contributed by atoms with Crippen LogP contribution >= 0.6 is 0 Å². The van der Waals surface area contributed by atoms with Crippen LogP contribution in [-0.2, 0) is 19.5 Å². The molecule has 0 amide bonds. The molecule has 0 saturated carbocycles. The summed E-state index contributed by atoms with van der Waals surface area (Å²) in [6.07, 6.45) is 4.48. The summed E-state index contributed by atoms with van der Waals surface area (Å²) in [6.45, 7) is 2.95. The molecule has 0 N–H and O–H groups in total. The maximum atomic E-state index is 14.0. The molecule has 5 rings (SSSR count). The Morgan fingerprint density at radius 1 is 0.964 bits per heavy atom. The molecule has 2 aliphatic heterocycles. The van der Waals surface area contributed by atoms with Crippen molar-refractivity contribution in [2.75, 3.05) is 13.1 Å². The predicted octanol–water partition coefficient (Wildman–Crippen LogP) is 4.69. The van der Waals surface area contributed by atoms with Crippen molar-refractivity contribution in [3.8, 4) is 0 Å². The van der Waals surface area contributed by atoms with Gasteiger partial charge in [-0.25, -0.2) is 18.2 Å². The van der Waals surface area contributed by atoms with Crippen molar-refractivity contribution in [2.45, 2.75) is 32.4 Å². The molecule has 6 heteroatoms. The van der Waals surface area contributed by atoms with Crippen LogP contribution in [0.4, 0.5) is 13.2 Å². The molecular weight excluding hydrogens is 363 g/mol. The first-order chi connectivity index (χ1) is 13.6. The molecule has 0 aliphatic carbocycles. The van der Waals surface area contributed by atoms with Gasteiger partial charge in [-0.2, -0.15) is 0 Å². The molecule has 3 aromatic rings. The lowest BCUT2D eigenvalue weighted by molar-refractivity contribution is 0.281. The van der Waals surface area contributed by atoms with Crippen LogP contribution in [-0.4, -0.2) is 27.5 Å². The van der Waals surface area contributed by atoms with Crippen molar-refractivity contribution in [3.63, 3.8) is 0 Å². The van der Waals surface area contributed by atoms with E-state index < -0.39 is 5.82 Å². The first-order valence-corrected chi connectivity index (χ1v) is 9.63. The van der Waals surface area contributed by atoms with Crippen molar-refractivity contribution in [1.82, 2.24) is 14.5 Å². The highest BCUT2D eigenvalue weighted by Gasteiger charge is 2.22. The Kier molecular flexibility index (Phi) is 4.23. The van der Waals surface area contributed by atoms with Gasteiger partial charge in [-0.3, -0.25) is 4.90 Å². The normalized spacial score (nSPS) is 17.2. The molecule has 0 spiro atoms. The molecule has 0 fully saturated rings. The second-order valence-electron chi connectivity index (χ2n) is 7.55. The average Bonchev–Trinajstić information content (AvgIpc) is 3.03. The van der Waals surface area contributed by atoms with Crippen molar-refractivity contribution in [2.24, 2.45) is 0 Å². The zero-order chi connectivity index (χ0) is 19.3. The summed E-state index contributed by atoms with van der Waals surface area (Å²) in [5.41, 5.74) is 3.99. The van der Waals surface area contributed by atoms with Gasteiger partial charge >= 0.3 is 0 Å². The molecule has 1 aromatic heterocycles. The van der Waals surface area contributed by atoms with Gasteiger partial charge in [0.15, 0.2) is 0 Å². The van der Waals surface area contributed by atoms with Crippen molar-refractivity contribution >= 4 is 16.6 Å². The van der Waals surface area contributed by atoms with Crippen LogP contribution in [0.5, 0.6) is 0 Å². The van der Waals surface area contributed by atoms with E-state index in [4.69, 9.17) is 4.98 Å². The molecular formula is C22H20F3N3. The van der Waals surface area contributed by atoms with Gasteiger partial charge in [0.05, 0.1) is 17.6 Å². The third-order valence-electron chi connectivity index (χ3n) is 5.72. The molecule has 0 atom stereocenters. The van der Waals surface area contributed by atoms with Gasteiger partial charge in [0.25, 0.3) is 0 Å². The smallest absolute Gasteiger partial charge is 0.130 e. The number of aryl methyl sites for hydroxylation is 2. The number of hydrogen-bond acceptors (Lipinski definition) is 2. The van der Waals surface area contributed by atoms with E-state index >= 15 is 0 Å². The van der Waals surface area contributed by atoms with Crippen molar-refractivity contribution in [3.05, 3.63) is 70.8 Å². The number of benzene rings is 2. The monoisotopic (exact) mass is 383 g/mol. The Bertz CT molecular complexity index is 1100. The molecule has 144 valence electrons. The maximum Gasteiger partial charge on any atom is 0.130 e. The van der Waals surface area contributed by atoms with Gasteiger partial charge in [0.2, 0.25) is 0 Å². The van der Waals surface area contributed by atoms with Gasteiger partial charge in [-0.1, -0.05) is 6.08 Å². The summed E-state index contributed by atoms with van der Waals surface area (Å²) in [4.78, 5) is 6.93. The molecule has 0 saturated heterocycles. The molecule has 3 nitrogen and oxygen atoms in total. The van der Waals surface area contributed by atoms with E-state index in [-0.39, 0.29) is 11.6 Å². The summed E-state index contributed by atoms with van der Waals surface area (Å²) >= 11 is 0. The Hall–Kier alpha value is -2.60. The molecule has 28 heavy (non-hydrogen) atoms. The summed E-state index contributed by atoms with van der Waals surface area (Å²) in [5.74, 6) is -0.107. The number of hydrogen-bond donors (Lipinski definition) is 0. The highest BCUT2D eigenvalue weighted by molar-refractivity contribution is 5.80. The van der Waals surface area contributed by atoms with Crippen LogP contribution in [0.1, 0.15) is 29.8 Å². The quantitative estimate of drug-likeness (QED) is 0.654. The molecule has 0 unspecified atom stereocenters. The van der Waals surface area contributed by atoms with Crippen LogP contribution in [0.15, 0.2) is 36.4 Å². The molecule has 0 bridgehead atoms. The summed E-state index contributed by atoms with van der Waals surface area (Å²) in [7, 11) is 0. The minimum Gasteiger partial charge on any atom is -0.327 e. The van der Waals surface area contributed by atoms with Gasteiger partial charge in [0, 0.05) is 31.3 Å². The van der Waals surface area contributed by atoms with Crippen LogP contribution < -0.4 is 0 Å². The van der Waals surface area contributed by atoms with E-state index in [0.29, 0.717) is 25.1 Å². The summed E-state index contributed by atoms with van der Waals surface area (Å²) < 4.78 is 43.6. The van der Waals surface area contributed by atoms with E-state index in [1.54, 1.807) is 6.07 Å². The molecule has 0 radical (unpaired) electrons. The molecule has 3 heterocycles. The second-order valence-corrected chi connectivity index (χ2v) is 7.55. The van der Waals surface area contributed by atoms with Crippen LogP contribution in [0.2, 0.25) is 0 Å². The third-order valence-corrected chi connectivity index (χ3v) is 5.72. The van der Waals surface area contributed by atoms with E-state index in [1.807, 2.05) is 6.08 Å². The Morgan fingerprint density at radius 3 is 2.68 bits per heavy atom. The largest absolute Gasteiger partial charge is 0.327 e. The lowest BCUT2D eigenvalue weighted by Crippen LogP contribution is -2.29. The van der Waals surface area contributed by atoms with Gasteiger partial charge in [-0.15, -0.1) is 0 Å². The predicted molar refractivity (Wildman–Crippen MR) is 102 cm³/mol. The van der Waals surface area contributed by atoms with Gasteiger partial charge in [-0.05, 0) is 54.7 Å². The highest BCUT2D eigenvalue weighted by Crippen LogP contribution is 2.30. The summed E-state index contributed by atoms with van der Waals surface area (Å²) in [5, 5.41) is 0. The van der Waals surface area contributed by atoms with Crippen molar-refractivity contribution in [1.29, 1.82) is 0 Å². The van der Waals surface area contributed by atoms with E-state index in [9.17, 15) is 13.2 Å². The van der Waals surface area contributed by atoms with Gasteiger partial charge in [0.1, 0.15) is 23.3 Å². The zero-order valence-electron chi connectivity index (χ0n) is 15.4. The Morgan fingerprint density at radius 2 is 1.86 bits per heavy atom. The topological polar surface area (TPSA) is 21.1 Å². The lowest BCUT2D eigenvalue weighted by atomic mass is 9.99. The Labute approximate surface area is 161 Å². The second kappa shape index (κ2) is 6.78. The SMILES string of the molecule is Fc1ccc(F)c(C2=CCN(Cc3nc4cc(F)cc5c4n3CCC5)CC2)c1. The van der Waals surface area contributed by atoms with Crippen LogP contribution in [0, 0.1) is 17.5 Å². The first-order valence-electron chi connectivity index (χ1n) is 9.63.